The average Bonchev–Trinajstić information content (AvgIpc) is 2.24. The Morgan fingerprint density at radius 1 is 1.28 bits per heavy atom. The van der Waals surface area contributed by atoms with Gasteiger partial charge in [0.05, 0.1) is 0 Å². The summed E-state index contributed by atoms with van der Waals surface area (Å²) in [5.74, 6) is -3.10. The molecule has 1 fully saturated rings. The normalized spacial score (nSPS) is 20.3. The van der Waals surface area contributed by atoms with E-state index in [0.717, 1.165) is 5.69 Å². The number of alkyl halides is 2. The second kappa shape index (κ2) is 4.16. The molecule has 1 saturated carbocycles. The summed E-state index contributed by atoms with van der Waals surface area (Å²) in [5.41, 5.74) is 6.20. The largest absolute Gasteiger partial charge is 0.377 e. The van der Waals surface area contributed by atoms with Crippen LogP contribution >= 0.6 is 0 Å². The molecule has 0 spiro atoms. The second-order valence-corrected chi connectivity index (χ2v) is 5.25. The first kappa shape index (κ1) is 13.2. The molecule has 1 aliphatic rings. The van der Waals surface area contributed by atoms with Gasteiger partial charge >= 0.3 is 0 Å². The highest BCUT2D eigenvalue weighted by Gasteiger charge is 2.57. The fourth-order valence-electron chi connectivity index (χ4n) is 2.71. The van der Waals surface area contributed by atoms with Crippen molar-refractivity contribution in [2.45, 2.75) is 24.2 Å². The Hall–Kier alpha value is -1.23. The Morgan fingerprint density at radius 3 is 2.33 bits per heavy atom. The highest BCUT2D eigenvalue weighted by Crippen LogP contribution is 2.54. The minimum absolute atomic E-state index is 0.104. The molecule has 0 aromatic heterocycles. The van der Waals surface area contributed by atoms with E-state index in [4.69, 9.17) is 5.73 Å². The second-order valence-electron chi connectivity index (χ2n) is 5.25. The van der Waals surface area contributed by atoms with E-state index in [-0.39, 0.29) is 19.4 Å². The van der Waals surface area contributed by atoms with Gasteiger partial charge in [0.1, 0.15) is 5.82 Å². The SMILES string of the molecule is CN(C)c1ccc(F)cc1C1(CN)CC(F)(F)C1. The van der Waals surface area contributed by atoms with Crippen LogP contribution in [0, 0.1) is 5.82 Å². The molecular weight excluding hydrogens is 241 g/mol. The highest BCUT2D eigenvalue weighted by molar-refractivity contribution is 5.57. The van der Waals surface area contributed by atoms with Crippen LogP contribution in [0.5, 0.6) is 0 Å². The van der Waals surface area contributed by atoms with Crippen LogP contribution in [0.1, 0.15) is 18.4 Å². The molecule has 0 heterocycles. The van der Waals surface area contributed by atoms with Gasteiger partial charge in [-0.25, -0.2) is 13.2 Å². The monoisotopic (exact) mass is 258 g/mol. The van der Waals surface area contributed by atoms with E-state index in [1.807, 2.05) is 0 Å². The smallest absolute Gasteiger partial charge is 0.250 e. The van der Waals surface area contributed by atoms with E-state index in [9.17, 15) is 13.2 Å². The molecule has 1 aromatic rings. The molecule has 0 atom stereocenters. The number of benzene rings is 1. The molecule has 0 unspecified atom stereocenters. The zero-order valence-corrected chi connectivity index (χ0v) is 10.5. The number of hydrogen-bond donors (Lipinski definition) is 1. The molecule has 0 amide bonds. The predicted octanol–water partition coefficient (Wildman–Crippen LogP) is 2.52. The molecule has 0 radical (unpaired) electrons. The molecule has 0 saturated heterocycles. The topological polar surface area (TPSA) is 29.3 Å². The number of anilines is 1. The lowest BCUT2D eigenvalue weighted by Gasteiger charge is -2.48. The molecule has 2 nitrogen and oxygen atoms in total. The van der Waals surface area contributed by atoms with E-state index >= 15 is 0 Å². The van der Waals surface area contributed by atoms with E-state index < -0.39 is 17.2 Å². The molecule has 5 heteroatoms. The number of hydrogen-bond acceptors (Lipinski definition) is 2. The van der Waals surface area contributed by atoms with Gasteiger partial charge < -0.3 is 10.6 Å². The van der Waals surface area contributed by atoms with Crippen molar-refractivity contribution in [3.05, 3.63) is 29.6 Å². The van der Waals surface area contributed by atoms with Gasteiger partial charge in [0.2, 0.25) is 5.92 Å². The van der Waals surface area contributed by atoms with Crippen molar-refractivity contribution in [3.8, 4) is 0 Å². The maximum Gasteiger partial charge on any atom is 0.250 e. The van der Waals surface area contributed by atoms with Crippen molar-refractivity contribution in [1.82, 2.24) is 0 Å². The van der Waals surface area contributed by atoms with Gasteiger partial charge in [0, 0.05) is 44.6 Å². The van der Waals surface area contributed by atoms with Gasteiger partial charge in [-0.2, -0.15) is 0 Å². The van der Waals surface area contributed by atoms with E-state index in [2.05, 4.69) is 0 Å². The molecular formula is C13H17F3N2. The summed E-state index contributed by atoms with van der Waals surface area (Å²) < 4.78 is 39.7. The minimum atomic E-state index is -2.69. The summed E-state index contributed by atoms with van der Waals surface area (Å²) in [6.07, 6.45) is -0.610. The van der Waals surface area contributed by atoms with Gasteiger partial charge in [-0.15, -0.1) is 0 Å². The molecule has 1 aromatic carbocycles. The van der Waals surface area contributed by atoms with Crippen molar-refractivity contribution in [2.24, 2.45) is 5.73 Å². The van der Waals surface area contributed by atoms with Gasteiger partial charge in [-0.3, -0.25) is 0 Å². The Labute approximate surface area is 105 Å². The van der Waals surface area contributed by atoms with Crippen LogP contribution in [0.4, 0.5) is 18.9 Å². The molecule has 1 aliphatic carbocycles. The first-order chi connectivity index (χ1) is 8.30. The van der Waals surface area contributed by atoms with E-state index in [1.165, 1.54) is 12.1 Å². The summed E-state index contributed by atoms with van der Waals surface area (Å²) in [5, 5.41) is 0. The van der Waals surface area contributed by atoms with Crippen LogP contribution in [0.15, 0.2) is 18.2 Å². The van der Waals surface area contributed by atoms with Crippen LogP contribution in [-0.4, -0.2) is 26.6 Å². The first-order valence-corrected chi connectivity index (χ1v) is 5.85. The lowest BCUT2D eigenvalue weighted by Crippen LogP contribution is -2.54. The maximum absolute atomic E-state index is 13.4. The lowest BCUT2D eigenvalue weighted by molar-refractivity contribution is -0.123. The molecule has 18 heavy (non-hydrogen) atoms. The predicted molar refractivity (Wildman–Crippen MR) is 65.6 cm³/mol. The Bertz CT molecular complexity index is 450. The number of rotatable bonds is 3. The van der Waals surface area contributed by atoms with Gasteiger partial charge in [0.25, 0.3) is 0 Å². The minimum Gasteiger partial charge on any atom is -0.377 e. The first-order valence-electron chi connectivity index (χ1n) is 5.85. The summed E-state index contributed by atoms with van der Waals surface area (Å²) in [6.45, 7) is 0.104. The fourth-order valence-corrected chi connectivity index (χ4v) is 2.71. The van der Waals surface area contributed by atoms with Crippen LogP contribution in [0.3, 0.4) is 0 Å². The summed E-state index contributed by atoms with van der Waals surface area (Å²) in [6, 6.07) is 4.27. The third kappa shape index (κ3) is 2.07. The molecule has 0 aliphatic heterocycles. The fraction of sp³-hybridized carbons (Fsp3) is 0.538. The molecule has 0 bridgehead atoms. The van der Waals surface area contributed by atoms with E-state index in [1.54, 1.807) is 25.1 Å². The van der Waals surface area contributed by atoms with Crippen molar-refractivity contribution >= 4 is 5.69 Å². The number of nitrogens with two attached hydrogens (primary N) is 1. The Kier molecular flexibility index (Phi) is 3.05. The number of nitrogens with zero attached hydrogens (tertiary/aromatic N) is 1. The third-order valence-electron chi connectivity index (χ3n) is 3.60. The van der Waals surface area contributed by atoms with Crippen molar-refractivity contribution in [2.75, 3.05) is 25.5 Å². The van der Waals surface area contributed by atoms with Gasteiger partial charge in [-0.05, 0) is 23.8 Å². The van der Waals surface area contributed by atoms with Gasteiger partial charge in [0.15, 0.2) is 0 Å². The zero-order chi connectivity index (χ0) is 13.6. The van der Waals surface area contributed by atoms with E-state index in [0.29, 0.717) is 5.56 Å². The summed E-state index contributed by atoms with van der Waals surface area (Å²) in [7, 11) is 3.61. The van der Waals surface area contributed by atoms with Crippen LogP contribution < -0.4 is 10.6 Å². The molecule has 100 valence electrons. The Balaban J connectivity index is 2.46. The zero-order valence-electron chi connectivity index (χ0n) is 10.5. The highest BCUT2D eigenvalue weighted by atomic mass is 19.3. The third-order valence-corrected chi connectivity index (χ3v) is 3.60. The Morgan fingerprint density at radius 2 is 1.89 bits per heavy atom. The summed E-state index contributed by atoms with van der Waals surface area (Å²) in [4.78, 5) is 1.79. The number of halogens is 3. The van der Waals surface area contributed by atoms with Crippen molar-refractivity contribution in [3.63, 3.8) is 0 Å². The van der Waals surface area contributed by atoms with Crippen LogP contribution in [0.25, 0.3) is 0 Å². The van der Waals surface area contributed by atoms with Gasteiger partial charge in [-0.1, -0.05) is 0 Å². The molecule has 2 N–H and O–H groups in total. The summed E-state index contributed by atoms with van der Waals surface area (Å²) >= 11 is 0. The molecule has 2 rings (SSSR count). The average molecular weight is 258 g/mol. The quantitative estimate of drug-likeness (QED) is 0.902. The van der Waals surface area contributed by atoms with Crippen LogP contribution in [0.2, 0.25) is 0 Å². The van der Waals surface area contributed by atoms with Crippen LogP contribution in [-0.2, 0) is 5.41 Å². The maximum atomic E-state index is 13.4. The van der Waals surface area contributed by atoms with Crippen molar-refractivity contribution < 1.29 is 13.2 Å². The standard InChI is InChI=1S/C13H17F3N2/c1-18(2)11-4-3-9(14)5-10(11)12(8-17)6-13(15,16)7-12/h3-5H,6-8,17H2,1-2H3. The lowest BCUT2D eigenvalue weighted by atomic mass is 9.61. The van der Waals surface area contributed by atoms with Crippen molar-refractivity contribution in [1.29, 1.82) is 0 Å².